The van der Waals surface area contributed by atoms with E-state index in [0.717, 1.165) is 25.1 Å². The Morgan fingerprint density at radius 3 is 2.59 bits per heavy atom. The molecule has 0 aromatic heterocycles. The molecular weight excluding hydrogens is 234 g/mol. The summed E-state index contributed by atoms with van der Waals surface area (Å²) >= 11 is 5.98. The van der Waals surface area contributed by atoms with Crippen LogP contribution in [0, 0.1) is 0 Å². The van der Waals surface area contributed by atoms with E-state index in [1.54, 1.807) is 7.11 Å². The Balaban J connectivity index is 2.42. The molecular formula is C14H22ClNO. The van der Waals surface area contributed by atoms with Crippen LogP contribution in [0.1, 0.15) is 32.8 Å². The molecule has 0 spiro atoms. The van der Waals surface area contributed by atoms with Crippen LogP contribution in [-0.2, 0) is 6.42 Å². The predicted octanol–water partition coefficient (Wildman–Crippen LogP) is 3.67. The molecule has 1 N–H and O–H groups in total. The Bertz CT molecular complexity index is 358. The van der Waals surface area contributed by atoms with Gasteiger partial charge in [0.15, 0.2) is 0 Å². The molecule has 0 aliphatic carbocycles. The molecule has 0 heterocycles. The Morgan fingerprint density at radius 1 is 1.29 bits per heavy atom. The van der Waals surface area contributed by atoms with E-state index < -0.39 is 0 Å². The standard InChI is InChI=1S/C14H22ClNO/c1-14(2,3)16-9-5-6-11-7-8-12(15)13(10-11)17-4/h7-8,10,16H,5-6,9H2,1-4H3. The van der Waals surface area contributed by atoms with Gasteiger partial charge in [-0.3, -0.25) is 0 Å². The molecule has 0 radical (unpaired) electrons. The predicted molar refractivity (Wildman–Crippen MR) is 74.1 cm³/mol. The lowest BCUT2D eigenvalue weighted by Crippen LogP contribution is -2.36. The second kappa shape index (κ2) is 6.27. The number of benzene rings is 1. The third-order valence-corrected chi connectivity index (χ3v) is 2.83. The SMILES string of the molecule is COc1cc(CCCNC(C)(C)C)ccc1Cl. The molecule has 17 heavy (non-hydrogen) atoms. The molecule has 96 valence electrons. The molecule has 0 saturated heterocycles. The minimum absolute atomic E-state index is 0.192. The van der Waals surface area contributed by atoms with Gasteiger partial charge in [0.2, 0.25) is 0 Å². The highest BCUT2D eigenvalue weighted by Gasteiger charge is 2.07. The first-order chi connectivity index (χ1) is 7.92. The topological polar surface area (TPSA) is 21.3 Å². The fourth-order valence-electron chi connectivity index (χ4n) is 1.62. The summed E-state index contributed by atoms with van der Waals surface area (Å²) in [6.07, 6.45) is 2.15. The highest BCUT2D eigenvalue weighted by atomic mass is 35.5. The Hall–Kier alpha value is -0.730. The fourth-order valence-corrected chi connectivity index (χ4v) is 1.81. The van der Waals surface area contributed by atoms with Crippen LogP contribution >= 0.6 is 11.6 Å². The van der Waals surface area contributed by atoms with E-state index >= 15 is 0 Å². The fraction of sp³-hybridized carbons (Fsp3) is 0.571. The van der Waals surface area contributed by atoms with Crippen molar-refractivity contribution in [3.8, 4) is 5.75 Å². The molecule has 0 aliphatic rings. The van der Waals surface area contributed by atoms with Gasteiger partial charge >= 0.3 is 0 Å². The summed E-state index contributed by atoms with van der Waals surface area (Å²) in [7, 11) is 1.64. The van der Waals surface area contributed by atoms with E-state index in [2.05, 4.69) is 32.2 Å². The van der Waals surface area contributed by atoms with Crippen molar-refractivity contribution < 1.29 is 4.74 Å². The maximum Gasteiger partial charge on any atom is 0.137 e. The number of hydrogen-bond donors (Lipinski definition) is 1. The molecule has 0 aliphatic heterocycles. The maximum atomic E-state index is 5.98. The third-order valence-electron chi connectivity index (χ3n) is 2.51. The molecule has 1 aromatic carbocycles. The zero-order chi connectivity index (χ0) is 12.9. The molecule has 2 nitrogen and oxygen atoms in total. The molecule has 0 saturated carbocycles. The molecule has 1 rings (SSSR count). The Labute approximate surface area is 109 Å². The van der Waals surface area contributed by atoms with Crippen LogP contribution in [0.3, 0.4) is 0 Å². The van der Waals surface area contributed by atoms with Crippen molar-refractivity contribution >= 4 is 11.6 Å². The van der Waals surface area contributed by atoms with Gasteiger partial charge in [-0.05, 0) is 57.9 Å². The molecule has 0 unspecified atom stereocenters. The average Bonchev–Trinajstić information content (AvgIpc) is 2.25. The average molecular weight is 256 g/mol. The van der Waals surface area contributed by atoms with Crippen molar-refractivity contribution in [2.24, 2.45) is 0 Å². The second-order valence-corrected chi connectivity index (χ2v) is 5.66. The first kappa shape index (κ1) is 14.3. The third kappa shape index (κ3) is 5.42. The molecule has 0 bridgehead atoms. The highest BCUT2D eigenvalue weighted by molar-refractivity contribution is 6.32. The lowest BCUT2D eigenvalue weighted by atomic mass is 10.1. The molecule has 3 heteroatoms. The lowest BCUT2D eigenvalue weighted by Gasteiger charge is -2.20. The van der Waals surface area contributed by atoms with E-state index in [0.29, 0.717) is 5.02 Å². The van der Waals surface area contributed by atoms with E-state index in [1.165, 1.54) is 5.56 Å². The molecule has 1 aromatic rings. The van der Waals surface area contributed by atoms with Crippen LogP contribution in [0.15, 0.2) is 18.2 Å². The second-order valence-electron chi connectivity index (χ2n) is 5.25. The summed E-state index contributed by atoms with van der Waals surface area (Å²) in [5.41, 5.74) is 1.46. The van der Waals surface area contributed by atoms with Gasteiger partial charge in [0.1, 0.15) is 5.75 Å². The largest absolute Gasteiger partial charge is 0.495 e. The monoisotopic (exact) mass is 255 g/mol. The van der Waals surface area contributed by atoms with Crippen LogP contribution < -0.4 is 10.1 Å². The number of halogens is 1. The first-order valence-electron chi connectivity index (χ1n) is 6.00. The van der Waals surface area contributed by atoms with Crippen molar-refractivity contribution in [2.75, 3.05) is 13.7 Å². The number of rotatable bonds is 5. The maximum absolute atomic E-state index is 5.98. The van der Waals surface area contributed by atoms with Gasteiger partial charge in [-0.25, -0.2) is 0 Å². The highest BCUT2D eigenvalue weighted by Crippen LogP contribution is 2.25. The van der Waals surface area contributed by atoms with Gasteiger partial charge in [0, 0.05) is 5.54 Å². The zero-order valence-electron chi connectivity index (χ0n) is 11.1. The van der Waals surface area contributed by atoms with E-state index in [9.17, 15) is 0 Å². The van der Waals surface area contributed by atoms with Crippen molar-refractivity contribution in [3.63, 3.8) is 0 Å². The van der Waals surface area contributed by atoms with Crippen molar-refractivity contribution in [1.29, 1.82) is 0 Å². The summed E-state index contributed by atoms with van der Waals surface area (Å²) in [5, 5.41) is 4.15. The van der Waals surface area contributed by atoms with Crippen LogP contribution in [0.5, 0.6) is 5.75 Å². The Morgan fingerprint density at radius 2 is 2.00 bits per heavy atom. The summed E-state index contributed by atoms with van der Waals surface area (Å²) in [4.78, 5) is 0. The number of methoxy groups -OCH3 is 1. The van der Waals surface area contributed by atoms with Gasteiger partial charge in [-0.2, -0.15) is 0 Å². The zero-order valence-corrected chi connectivity index (χ0v) is 11.9. The minimum Gasteiger partial charge on any atom is -0.495 e. The van der Waals surface area contributed by atoms with Crippen LogP contribution in [-0.4, -0.2) is 19.2 Å². The normalized spacial score (nSPS) is 11.6. The first-order valence-corrected chi connectivity index (χ1v) is 6.37. The van der Waals surface area contributed by atoms with Gasteiger partial charge in [-0.15, -0.1) is 0 Å². The molecule has 0 amide bonds. The van der Waals surface area contributed by atoms with Crippen molar-refractivity contribution in [2.45, 2.75) is 39.2 Å². The number of nitrogens with one attached hydrogen (secondary N) is 1. The summed E-state index contributed by atoms with van der Waals surface area (Å²) in [6, 6.07) is 5.97. The number of aryl methyl sites for hydroxylation is 1. The van der Waals surface area contributed by atoms with Crippen molar-refractivity contribution in [3.05, 3.63) is 28.8 Å². The van der Waals surface area contributed by atoms with Crippen LogP contribution in [0.2, 0.25) is 5.02 Å². The van der Waals surface area contributed by atoms with Gasteiger partial charge in [0.25, 0.3) is 0 Å². The Kier molecular flexibility index (Phi) is 5.29. The smallest absolute Gasteiger partial charge is 0.137 e. The van der Waals surface area contributed by atoms with Crippen LogP contribution in [0.4, 0.5) is 0 Å². The number of ether oxygens (including phenoxy) is 1. The number of hydrogen-bond acceptors (Lipinski definition) is 2. The summed E-state index contributed by atoms with van der Waals surface area (Å²) in [5.74, 6) is 0.757. The van der Waals surface area contributed by atoms with Gasteiger partial charge in [0.05, 0.1) is 12.1 Å². The van der Waals surface area contributed by atoms with Crippen molar-refractivity contribution in [1.82, 2.24) is 5.32 Å². The van der Waals surface area contributed by atoms with Gasteiger partial charge < -0.3 is 10.1 Å². The minimum atomic E-state index is 0.192. The molecule has 0 atom stereocenters. The summed E-state index contributed by atoms with van der Waals surface area (Å²) in [6.45, 7) is 7.56. The quantitative estimate of drug-likeness (QED) is 0.811. The van der Waals surface area contributed by atoms with Gasteiger partial charge in [-0.1, -0.05) is 17.7 Å². The molecule has 0 fully saturated rings. The van der Waals surface area contributed by atoms with E-state index in [1.807, 2.05) is 12.1 Å². The summed E-state index contributed by atoms with van der Waals surface area (Å²) < 4.78 is 5.20. The lowest BCUT2D eigenvalue weighted by molar-refractivity contribution is 0.413. The van der Waals surface area contributed by atoms with E-state index in [-0.39, 0.29) is 5.54 Å². The van der Waals surface area contributed by atoms with Crippen LogP contribution in [0.25, 0.3) is 0 Å². The van der Waals surface area contributed by atoms with E-state index in [4.69, 9.17) is 16.3 Å².